The second kappa shape index (κ2) is 9.97. The lowest BCUT2D eigenvalue weighted by Gasteiger charge is -2.24. The van der Waals surface area contributed by atoms with E-state index < -0.39 is 10.0 Å². The number of benzene rings is 3. The highest BCUT2D eigenvalue weighted by atomic mass is 35.5. The molecule has 0 N–H and O–H groups in total. The molecule has 4 aromatic rings. The molecule has 188 valence electrons. The number of nitrogens with zero attached hydrogens (tertiary/aromatic N) is 2. The Bertz CT molecular complexity index is 1500. The number of halogens is 1. The van der Waals surface area contributed by atoms with Crippen molar-refractivity contribution in [2.45, 2.75) is 64.9 Å². The van der Waals surface area contributed by atoms with Crippen molar-refractivity contribution in [3.8, 4) is 0 Å². The van der Waals surface area contributed by atoms with Crippen molar-refractivity contribution in [1.82, 2.24) is 9.29 Å². The number of aromatic nitrogens is 1. The van der Waals surface area contributed by atoms with Crippen molar-refractivity contribution < 1.29 is 8.42 Å². The zero-order valence-electron chi connectivity index (χ0n) is 21.8. The van der Waals surface area contributed by atoms with Gasteiger partial charge in [-0.25, -0.2) is 13.4 Å². The Morgan fingerprint density at radius 2 is 1.47 bits per heavy atom. The first-order valence-corrected chi connectivity index (χ1v) is 13.9. The molecule has 0 radical (unpaired) electrons. The van der Waals surface area contributed by atoms with Gasteiger partial charge in [0.2, 0.25) is 10.0 Å². The van der Waals surface area contributed by atoms with E-state index in [1.54, 1.807) is 12.1 Å². The van der Waals surface area contributed by atoms with Crippen LogP contribution in [0.4, 0.5) is 0 Å². The normalized spacial score (nSPS) is 12.4. The largest absolute Gasteiger partial charge is 0.243 e. The molecule has 0 aliphatic carbocycles. The number of hydrogen-bond acceptors (Lipinski definition) is 3. The highest BCUT2D eigenvalue weighted by Gasteiger charge is 2.27. The van der Waals surface area contributed by atoms with E-state index in [4.69, 9.17) is 11.6 Å². The minimum Gasteiger partial charge on any atom is -0.235 e. The van der Waals surface area contributed by atoms with Gasteiger partial charge >= 0.3 is 0 Å². The minimum atomic E-state index is -3.81. The van der Waals surface area contributed by atoms with E-state index in [0.29, 0.717) is 10.7 Å². The third-order valence-corrected chi connectivity index (χ3v) is 8.60. The molecule has 0 atom stereocenters. The van der Waals surface area contributed by atoms with Gasteiger partial charge < -0.3 is 0 Å². The maximum absolute atomic E-state index is 13.9. The number of hydrogen-bond donors (Lipinski definition) is 0. The fraction of sp³-hybridized carbons (Fsp3) is 0.300. The summed E-state index contributed by atoms with van der Waals surface area (Å²) in [5.41, 5.74) is 6.73. The molecule has 0 amide bonds. The second-order valence-corrected chi connectivity index (χ2v) is 12.9. The molecule has 1 heterocycles. The molecule has 0 spiro atoms. The maximum atomic E-state index is 13.9. The number of pyridine rings is 1. The molecule has 1 aromatic heterocycles. The average molecular weight is 521 g/mol. The average Bonchev–Trinajstić information content (AvgIpc) is 2.80. The molecule has 0 unspecified atom stereocenters. The fourth-order valence-electron chi connectivity index (χ4n) is 4.37. The lowest BCUT2D eigenvalue weighted by Crippen LogP contribution is -2.30. The quantitative estimate of drug-likeness (QED) is 0.247. The van der Waals surface area contributed by atoms with Crippen LogP contribution in [0.2, 0.25) is 5.15 Å². The summed E-state index contributed by atoms with van der Waals surface area (Å²) in [5.74, 6) is 0. The topological polar surface area (TPSA) is 50.3 Å². The molecule has 36 heavy (non-hydrogen) atoms. The van der Waals surface area contributed by atoms with Gasteiger partial charge in [0.05, 0.1) is 10.4 Å². The molecule has 0 saturated carbocycles. The number of aryl methyl sites for hydroxylation is 3. The molecular formula is C30H33ClN2O2S. The molecule has 0 saturated heterocycles. The van der Waals surface area contributed by atoms with Gasteiger partial charge in [0.25, 0.3) is 0 Å². The van der Waals surface area contributed by atoms with Gasteiger partial charge in [0.1, 0.15) is 5.15 Å². The summed E-state index contributed by atoms with van der Waals surface area (Å²) in [4.78, 5) is 4.89. The van der Waals surface area contributed by atoms with Crippen LogP contribution in [0.3, 0.4) is 0 Å². The van der Waals surface area contributed by atoms with Gasteiger partial charge in [-0.05, 0) is 67.1 Å². The number of sulfonamides is 1. The fourth-order valence-corrected chi connectivity index (χ4v) is 5.98. The third-order valence-electron chi connectivity index (χ3n) is 6.46. The van der Waals surface area contributed by atoms with Crippen molar-refractivity contribution in [1.29, 1.82) is 0 Å². The van der Waals surface area contributed by atoms with Crippen molar-refractivity contribution in [2.24, 2.45) is 0 Å². The van der Waals surface area contributed by atoms with Crippen LogP contribution in [0.25, 0.3) is 10.9 Å². The predicted octanol–water partition coefficient (Wildman–Crippen LogP) is 7.50. The molecule has 0 fully saturated rings. The molecule has 0 aliphatic rings. The van der Waals surface area contributed by atoms with Gasteiger partial charge in [-0.15, -0.1) is 0 Å². The smallest absolute Gasteiger partial charge is 0.235 e. The van der Waals surface area contributed by atoms with Crippen molar-refractivity contribution >= 4 is 32.5 Å². The summed E-state index contributed by atoms with van der Waals surface area (Å²) in [5, 5.41) is 1.27. The Labute approximate surface area is 220 Å². The molecule has 0 aliphatic heterocycles. The molecule has 4 rings (SSSR count). The molecular weight excluding hydrogens is 488 g/mol. The highest BCUT2D eigenvalue weighted by Crippen LogP contribution is 2.29. The monoisotopic (exact) mass is 520 g/mol. The van der Waals surface area contributed by atoms with E-state index in [9.17, 15) is 8.42 Å². The van der Waals surface area contributed by atoms with Crippen LogP contribution in [0.15, 0.2) is 71.6 Å². The summed E-state index contributed by atoms with van der Waals surface area (Å²) in [6, 6.07) is 21.2. The van der Waals surface area contributed by atoms with Gasteiger partial charge in [-0.3, -0.25) is 0 Å². The first-order chi connectivity index (χ1) is 16.8. The summed E-state index contributed by atoms with van der Waals surface area (Å²) >= 11 is 6.62. The van der Waals surface area contributed by atoms with Gasteiger partial charge in [-0.1, -0.05) is 86.0 Å². The Morgan fingerprint density at radius 1 is 0.833 bits per heavy atom. The maximum Gasteiger partial charge on any atom is 0.243 e. The van der Waals surface area contributed by atoms with E-state index in [2.05, 4.69) is 37.9 Å². The standard InChI is InChI=1S/C30H33ClN2O2S/c1-20-7-9-23(10-8-20)18-33(36(34,35)27-13-11-26(12-14-27)30(4,5)6)19-25-17-24-16-21(2)15-22(3)28(24)32-29(25)31/h7-17H,18-19H2,1-6H3. The third kappa shape index (κ3) is 5.64. The molecule has 3 aromatic carbocycles. The lowest BCUT2D eigenvalue weighted by molar-refractivity contribution is 0.401. The summed E-state index contributed by atoms with van der Waals surface area (Å²) in [7, 11) is -3.81. The Hall–Kier alpha value is -2.73. The SMILES string of the molecule is Cc1ccc(CN(Cc2cc3cc(C)cc(C)c3nc2Cl)S(=O)(=O)c2ccc(C(C)(C)C)cc2)cc1. The van der Waals surface area contributed by atoms with Crippen LogP contribution in [0.5, 0.6) is 0 Å². The Kier molecular flexibility index (Phi) is 7.29. The van der Waals surface area contributed by atoms with E-state index >= 15 is 0 Å². The zero-order valence-corrected chi connectivity index (χ0v) is 23.3. The van der Waals surface area contributed by atoms with Crippen molar-refractivity contribution in [2.75, 3.05) is 0 Å². The van der Waals surface area contributed by atoms with E-state index in [1.165, 1.54) is 4.31 Å². The van der Waals surface area contributed by atoms with Crippen LogP contribution in [-0.2, 0) is 28.5 Å². The Balaban J connectivity index is 1.77. The van der Waals surface area contributed by atoms with Gasteiger partial charge in [-0.2, -0.15) is 4.31 Å². The van der Waals surface area contributed by atoms with Crippen LogP contribution in [0.1, 0.15) is 54.2 Å². The van der Waals surface area contributed by atoms with Crippen LogP contribution in [-0.4, -0.2) is 17.7 Å². The number of rotatable bonds is 6. The highest BCUT2D eigenvalue weighted by molar-refractivity contribution is 7.89. The minimum absolute atomic E-state index is 0.0651. The van der Waals surface area contributed by atoms with Crippen LogP contribution in [0, 0.1) is 20.8 Å². The predicted molar refractivity (Wildman–Crippen MR) is 149 cm³/mol. The van der Waals surface area contributed by atoms with Gasteiger partial charge in [0, 0.05) is 24.0 Å². The molecule has 0 bridgehead atoms. The van der Waals surface area contributed by atoms with E-state index in [1.807, 2.05) is 63.2 Å². The number of fused-ring (bicyclic) bond motifs is 1. The Morgan fingerprint density at radius 3 is 2.08 bits per heavy atom. The zero-order chi connectivity index (χ0) is 26.3. The molecule has 4 nitrogen and oxygen atoms in total. The van der Waals surface area contributed by atoms with Crippen molar-refractivity contribution in [3.63, 3.8) is 0 Å². The first kappa shape index (κ1) is 26.3. The summed E-state index contributed by atoms with van der Waals surface area (Å²) in [6.07, 6.45) is 0. The lowest BCUT2D eigenvalue weighted by atomic mass is 9.87. The van der Waals surface area contributed by atoms with Crippen LogP contribution >= 0.6 is 11.6 Å². The summed E-state index contributed by atoms with van der Waals surface area (Å²) < 4.78 is 29.3. The summed E-state index contributed by atoms with van der Waals surface area (Å²) in [6.45, 7) is 12.7. The van der Waals surface area contributed by atoms with Crippen molar-refractivity contribution in [3.05, 3.63) is 105 Å². The first-order valence-electron chi connectivity index (χ1n) is 12.1. The van der Waals surface area contributed by atoms with Crippen LogP contribution < -0.4 is 0 Å². The van der Waals surface area contributed by atoms with E-state index in [-0.39, 0.29) is 23.4 Å². The second-order valence-electron chi connectivity index (χ2n) is 10.6. The van der Waals surface area contributed by atoms with Gasteiger partial charge in [0.15, 0.2) is 0 Å². The molecule has 6 heteroatoms. The van der Waals surface area contributed by atoms with E-state index in [0.717, 1.165) is 38.7 Å².